The van der Waals surface area contributed by atoms with Gasteiger partial charge in [0.15, 0.2) is 11.6 Å². The number of ether oxygens (including phenoxy) is 3. The van der Waals surface area contributed by atoms with E-state index in [1.54, 1.807) is 34.6 Å². The third kappa shape index (κ3) is 4.34. The van der Waals surface area contributed by atoms with Gasteiger partial charge in [-0.25, -0.2) is 4.79 Å². The second-order valence-electron chi connectivity index (χ2n) is 8.20. The molecule has 7 nitrogen and oxygen atoms in total. The van der Waals surface area contributed by atoms with E-state index in [0.29, 0.717) is 12.0 Å². The maximum atomic E-state index is 12.9. The van der Waals surface area contributed by atoms with Gasteiger partial charge in [0.2, 0.25) is 0 Å². The van der Waals surface area contributed by atoms with E-state index in [1.807, 2.05) is 0 Å². The van der Waals surface area contributed by atoms with E-state index in [-0.39, 0.29) is 19.0 Å². The number of alkyl carbamates (subject to hydrolysis) is 1. The van der Waals surface area contributed by atoms with E-state index in [1.165, 1.54) is 12.2 Å². The SMILES string of the molecule is C=C[C@]1(NC(=O)OC(C)(C)C)C(=O)C=C(CO)CC1[C@H]1COC(C)(C)O1. The summed E-state index contributed by atoms with van der Waals surface area (Å²) in [6.45, 7) is 12.6. The van der Waals surface area contributed by atoms with Crippen molar-refractivity contribution in [2.45, 2.75) is 64.1 Å². The Labute approximate surface area is 154 Å². The maximum absolute atomic E-state index is 12.9. The number of nitrogens with one attached hydrogen (secondary N) is 1. The Kier molecular flexibility index (Phi) is 5.66. The second kappa shape index (κ2) is 7.13. The number of ketones is 1. The highest BCUT2D eigenvalue weighted by molar-refractivity contribution is 6.03. The number of carbonyl (C=O) groups excluding carboxylic acids is 2. The Morgan fingerprint density at radius 2 is 2.15 bits per heavy atom. The first-order chi connectivity index (χ1) is 11.9. The summed E-state index contributed by atoms with van der Waals surface area (Å²) >= 11 is 0. The van der Waals surface area contributed by atoms with E-state index in [0.717, 1.165) is 0 Å². The lowest BCUT2D eigenvalue weighted by atomic mass is 9.70. The van der Waals surface area contributed by atoms with Gasteiger partial charge in [-0.1, -0.05) is 6.08 Å². The van der Waals surface area contributed by atoms with Crippen LogP contribution in [0.1, 0.15) is 41.0 Å². The quantitative estimate of drug-likeness (QED) is 0.739. The van der Waals surface area contributed by atoms with Crippen molar-refractivity contribution < 1.29 is 28.9 Å². The average molecular weight is 367 g/mol. The molecule has 0 aromatic carbocycles. The summed E-state index contributed by atoms with van der Waals surface area (Å²) in [7, 11) is 0. The molecule has 0 aromatic heterocycles. The Hall–Kier alpha value is -1.70. The number of rotatable bonds is 4. The van der Waals surface area contributed by atoms with Gasteiger partial charge in [-0.3, -0.25) is 4.79 Å². The van der Waals surface area contributed by atoms with Crippen molar-refractivity contribution in [3.05, 3.63) is 24.3 Å². The molecule has 0 spiro atoms. The third-order valence-electron chi connectivity index (χ3n) is 4.52. The summed E-state index contributed by atoms with van der Waals surface area (Å²) < 4.78 is 16.9. The minimum Gasteiger partial charge on any atom is -0.444 e. The van der Waals surface area contributed by atoms with Crippen molar-refractivity contribution in [3.63, 3.8) is 0 Å². The van der Waals surface area contributed by atoms with Gasteiger partial charge in [0.25, 0.3) is 0 Å². The van der Waals surface area contributed by atoms with Crippen LogP contribution in [0.4, 0.5) is 4.79 Å². The summed E-state index contributed by atoms with van der Waals surface area (Å²) in [5.41, 5.74) is -1.52. The molecule has 2 rings (SSSR count). The van der Waals surface area contributed by atoms with Crippen LogP contribution in [0.25, 0.3) is 0 Å². The molecule has 0 aromatic rings. The molecule has 1 saturated heterocycles. The van der Waals surface area contributed by atoms with Crippen LogP contribution < -0.4 is 5.32 Å². The first kappa shape index (κ1) is 20.6. The molecule has 1 heterocycles. The number of aliphatic hydroxyl groups is 1. The standard InChI is InChI=1S/C19H29NO6/c1-7-19(20-16(23)26-17(2,3)4)13(8-12(10-21)9-15(19)22)14-11-24-18(5,6)25-14/h7,9,13-14,21H,1,8,10-11H2,2-6H3,(H,20,23)/t13?,14-,19-/m1/s1. The lowest BCUT2D eigenvalue weighted by Crippen LogP contribution is -2.62. The fourth-order valence-corrected chi connectivity index (χ4v) is 3.37. The predicted octanol–water partition coefficient (Wildman–Crippen LogP) is 2.10. The Balaban J connectivity index is 2.37. The molecule has 26 heavy (non-hydrogen) atoms. The van der Waals surface area contributed by atoms with Crippen LogP contribution in [0, 0.1) is 5.92 Å². The van der Waals surface area contributed by atoms with Gasteiger partial charge in [-0.05, 0) is 52.7 Å². The molecule has 146 valence electrons. The van der Waals surface area contributed by atoms with Gasteiger partial charge in [0.05, 0.1) is 19.3 Å². The largest absolute Gasteiger partial charge is 0.444 e. The summed E-state index contributed by atoms with van der Waals surface area (Å²) in [6, 6.07) is 0. The summed E-state index contributed by atoms with van der Waals surface area (Å²) in [5, 5.41) is 12.2. The molecule has 1 unspecified atom stereocenters. The zero-order valence-corrected chi connectivity index (χ0v) is 16.1. The third-order valence-corrected chi connectivity index (χ3v) is 4.52. The number of hydrogen-bond donors (Lipinski definition) is 2. The van der Waals surface area contributed by atoms with Crippen LogP contribution in [0.2, 0.25) is 0 Å². The van der Waals surface area contributed by atoms with Crippen LogP contribution in [0.15, 0.2) is 24.3 Å². The molecule has 3 atom stereocenters. The highest BCUT2D eigenvalue weighted by atomic mass is 16.7. The zero-order valence-electron chi connectivity index (χ0n) is 16.1. The van der Waals surface area contributed by atoms with Gasteiger partial charge in [0, 0.05) is 5.92 Å². The zero-order chi connectivity index (χ0) is 19.8. The van der Waals surface area contributed by atoms with Gasteiger partial charge in [-0.15, -0.1) is 6.58 Å². The number of amides is 1. The summed E-state index contributed by atoms with van der Waals surface area (Å²) in [5.74, 6) is -1.63. The van der Waals surface area contributed by atoms with Crippen LogP contribution in [-0.2, 0) is 19.0 Å². The maximum Gasteiger partial charge on any atom is 0.408 e. The molecule has 0 saturated carbocycles. The molecular weight excluding hydrogens is 338 g/mol. The van der Waals surface area contributed by atoms with E-state index in [9.17, 15) is 14.7 Å². The molecule has 1 aliphatic heterocycles. The van der Waals surface area contributed by atoms with Crippen molar-refractivity contribution in [2.75, 3.05) is 13.2 Å². The van der Waals surface area contributed by atoms with Crippen molar-refractivity contribution in [1.82, 2.24) is 5.32 Å². The normalized spacial score (nSPS) is 31.3. The van der Waals surface area contributed by atoms with E-state index < -0.39 is 35.0 Å². The Morgan fingerprint density at radius 3 is 2.62 bits per heavy atom. The number of aliphatic hydroxyl groups excluding tert-OH is 1. The van der Waals surface area contributed by atoms with E-state index >= 15 is 0 Å². The van der Waals surface area contributed by atoms with E-state index in [2.05, 4.69) is 11.9 Å². The van der Waals surface area contributed by atoms with E-state index in [4.69, 9.17) is 14.2 Å². The molecule has 0 bridgehead atoms. The molecule has 2 N–H and O–H groups in total. The summed E-state index contributed by atoms with van der Waals surface area (Å²) in [6.07, 6.45) is 1.99. The molecule has 1 aliphatic carbocycles. The predicted molar refractivity (Wildman–Crippen MR) is 95.5 cm³/mol. The lowest BCUT2D eigenvalue weighted by Gasteiger charge is -2.42. The Morgan fingerprint density at radius 1 is 1.50 bits per heavy atom. The first-order valence-corrected chi connectivity index (χ1v) is 8.74. The molecular formula is C19H29NO6. The molecule has 2 aliphatic rings. The van der Waals surface area contributed by atoms with Gasteiger partial charge in [0.1, 0.15) is 11.1 Å². The summed E-state index contributed by atoms with van der Waals surface area (Å²) in [4.78, 5) is 25.3. The highest BCUT2D eigenvalue weighted by Crippen LogP contribution is 2.40. The second-order valence-corrected chi connectivity index (χ2v) is 8.20. The molecule has 0 radical (unpaired) electrons. The number of hydrogen-bond acceptors (Lipinski definition) is 6. The molecule has 7 heteroatoms. The van der Waals surface area contributed by atoms with Gasteiger partial charge >= 0.3 is 6.09 Å². The van der Waals surface area contributed by atoms with Crippen molar-refractivity contribution in [1.29, 1.82) is 0 Å². The topological polar surface area (TPSA) is 94.1 Å². The molecule has 1 amide bonds. The van der Waals surface area contributed by atoms with Gasteiger partial charge in [-0.2, -0.15) is 0 Å². The number of carbonyl (C=O) groups is 2. The van der Waals surface area contributed by atoms with Crippen molar-refractivity contribution in [3.8, 4) is 0 Å². The first-order valence-electron chi connectivity index (χ1n) is 8.74. The van der Waals surface area contributed by atoms with Crippen LogP contribution in [0.3, 0.4) is 0 Å². The Bertz CT molecular complexity index is 618. The molecule has 1 fully saturated rings. The monoisotopic (exact) mass is 367 g/mol. The van der Waals surface area contributed by atoms with Crippen LogP contribution in [0.5, 0.6) is 0 Å². The fraction of sp³-hybridized carbons (Fsp3) is 0.684. The smallest absolute Gasteiger partial charge is 0.408 e. The van der Waals surface area contributed by atoms with Crippen LogP contribution >= 0.6 is 0 Å². The minimum atomic E-state index is -1.39. The van der Waals surface area contributed by atoms with Crippen molar-refractivity contribution >= 4 is 11.9 Å². The highest BCUT2D eigenvalue weighted by Gasteiger charge is 2.53. The lowest BCUT2D eigenvalue weighted by molar-refractivity contribution is -0.150. The van der Waals surface area contributed by atoms with Crippen LogP contribution in [-0.4, -0.2) is 53.2 Å². The fourth-order valence-electron chi connectivity index (χ4n) is 3.37. The minimum absolute atomic E-state index is 0.237. The van der Waals surface area contributed by atoms with Gasteiger partial charge < -0.3 is 24.6 Å². The average Bonchev–Trinajstić information content (AvgIpc) is 2.86. The van der Waals surface area contributed by atoms with Crippen molar-refractivity contribution in [2.24, 2.45) is 5.92 Å².